The summed E-state index contributed by atoms with van der Waals surface area (Å²) in [5.74, 6) is 0.0810. The van der Waals surface area contributed by atoms with Crippen LogP contribution >= 0.6 is 9.24 Å². The van der Waals surface area contributed by atoms with E-state index in [9.17, 15) is 9.90 Å². The van der Waals surface area contributed by atoms with Crippen molar-refractivity contribution in [2.75, 3.05) is 0 Å². The van der Waals surface area contributed by atoms with Crippen molar-refractivity contribution in [1.29, 1.82) is 0 Å². The Balaban J connectivity index is 3.32. The number of carbonyl (C=O) groups is 1. The Kier molecular flexibility index (Phi) is 2.72. The van der Waals surface area contributed by atoms with E-state index in [4.69, 9.17) is 0 Å². The van der Waals surface area contributed by atoms with Gasteiger partial charge in [0.25, 0.3) is 0 Å². The zero-order chi connectivity index (χ0) is 10.1. The molecular formula is C10H13O2P. The van der Waals surface area contributed by atoms with E-state index in [2.05, 4.69) is 9.24 Å². The normalized spacial score (nSPS) is 11.3. The van der Waals surface area contributed by atoms with Crippen LogP contribution in [0.4, 0.5) is 0 Å². The quantitative estimate of drug-likeness (QED) is 0.582. The van der Waals surface area contributed by atoms with Gasteiger partial charge in [-0.1, -0.05) is 26.0 Å². The van der Waals surface area contributed by atoms with Gasteiger partial charge in [0.1, 0.15) is 5.75 Å². The maximum atomic E-state index is 10.5. The summed E-state index contributed by atoms with van der Waals surface area (Å²) in [7, 11) is 2.63. The van der Waals surface area contributed by atoms with Gasteiger partial charge in [-0.25, -0.2) is 0 Å². The molecule has 0 aromatic heterocycles. The SMILES string of the molecule is CC(C)(P)c1cccc(C=O)c1O. The Morgan fingerprint density at radius 1 is 1.46 bits per heavy atom. The first-order valence-electron chi connectivity index (χ1n) is 4.03. The van der Waals surface area contributed by atoms with Gasteiger partial charge in [0.05, 0.1) is 5.56 Å². The van der Waals surface area contributed by atoms with Crippen LogP contribution in [0.2, 0.25) is 0 Å². The molecule has 0 aliphatic heterocycles. The third kappa shape index (κ3) is 2.07. The number of phenolic OH excluding ortho intramolecular Hbond substituents is 1. The van der Waals surface area contributed by atoms with Gasteiger partial charge in [0.15, 0.2) is 6.29 Å². The van der Waals surface area contributed by atoms with Gasteiger partial charge in [0.2, 0.25) is 0 Å². The average Bonchev–Trinajstić information content (AvgIpc) is 2.02. The van der Waals surface area contributed by atoms with Crippen LogP contribution in [0.3, 0.4) is 0 Å². The molecule has 0 heterocycles. The van der Waals surface area contributed by atoms with Crippen molar-refractivity contribution in [3.8, 4) is 5.75 Å². The zero-order valence-electron chi connectivity index (χ0n) is 7.74. The average molecular weight is 196 g/mol. The Bertz CT molecular complexity index is 326. The van der Waals surface area contributed by atoms with E-state index in [1.54, 1.807) is 12.1 Å². The monoisotopic (exact) mass is 196 g/mol. The molecule has 0 saturated carbocycles. The molecule has 0 aliphatic rings. The van der Waals surface area contributed by atoms with Crippen molar-refractivity contribution in [1.82, 2.24) is 0 Å². The van der Waals surface area contributed by atoms with Gasteiger partial charge in [0, 0.05) is 10.7 Å². The van der Waals surface area contributed by atoms with Crippen molar-refractivity contribution >= 4 is 15.5 Å². The lowest BCUT2D eigenvalue weighted by atomic mass is 9.98. The Morgan fingerprint density at radius 3 is 2.54 bits per heavy atom. The van der Waals surface area contributed by atoms with Crippen LogP contribution < -0.4 is 0 Å². The predicted octanol–water partition coefficient (Wildman–Crippen LogP) is 2.31. The number of phenols is 1. The van der Waals surface area contributed by atoms with Crippen LogP contribution in [0, 0.1) is 0 Å². The fourth-order valence-electron chi connectivity index (χ4n) is 1.18. The molecule has 70 valence electrons. The second kappa shape index (κ2) is 3.47. The summed E-state index contributed by atoms with van der Waals surface area (Å²) >= 11 is 0. The first kappa shape index (κ1) is 10.2. The molecule has 1 aromatic rings. The lowest BCUT2D eigenvalue weighted by molar-refractivity contribution is 0.112. The maximum Gasteiger partial charge on any atom is 0.153 e. The summed E-state index contributed by atoms with van der Waals surface area (Å²) in [5, 5.41) is 9.46. The summed E-state index contributed by atoms with van der Waals surface area (Å²) < 4.78 is 0. The minimum atomic E-state index is -0.219. The molecule has 1 N–H and O–H groups in total. The van der Waals surface area contributed by atoms with Gasteiger partial charge in [-0.3, -0.25) is 4.79 Å². The van der Waals surface area contributed by atoms with Gasteiger partial charge in [-0.2, -0.15) is 0 Å². The molecule has 0 aliphatic carbocycles. The van der Waals surface area contributed by atoms with Crippen LogP contribution in [0.1, 0.15) is 29.8 Å². The summed E-state index contributed by atoms with van der Waals surface area (Å²) in [4.78, 5) is 10.5. The van der Waals surface area contributed by atoms with E-state index >= 15 is 0 Å². The molecule has 1 aromatic carbocycles. The minimum absolute atomic E-state index is 0.0810. The highest BCUT2D eigenvalue weighted by Crippen LogP contribution is 2.37. The number of aldehydes is 1. The molecule has 3 heteroatoms. The Hall–Kier alpha value is -0.880. The molecule has 0 saturated heterocycles. The molecule has 1 atom stereocenters. The number of hydrogen-bond acceptors (Lipinski definition) is 2. The van der Waals surface area contributed by atoms with E-state index in [1.165, 1.54) is 0 Å². The predicted molar refractivity (Wildman–Crippen MR) is 56.2 cm³/mol. The molecule has 2 nitrogen and oxygen atoms in total. The topological polar surface area (TPSA) is 37.3 Å². The smallest absolute Gasteiger partial charge is 0.153 e. The second-order valence-corrected chi connectivity index (χ2v) is 5.03. The number of carbonyl (C=O) groups excluding carboxylic acids is 1. The molecular weight excluding hydrogens is 183 g/mol. The van der Waals surface area contributed by atoms with Crippen molar-refractivity contribution in [2.45, 2.75) is 19.0 Å². The van der Waals surface area contributed by atoms with Gasteiger partial charge < -0.3 is 5.11 Å². The maximum absolute atomic E-state index is 10.5. The molecule has 0 bridgehead atoms. The van der Waals surface area contributed by atoms with Crippen molar-refractivity contribution < 1.29 is 9.90 Å². The van der Waals surface area contributed by atoms with Crippen molar-refractivity contribution in [2.24, 2.45) is 0 Å². The van der Waals surface area contributed by atoms with E-state index in [-0.39, 0.29) is 10.9 Å². The summed E-state index contributed by atoms with van der Waals surface area (Å²) in [5.41, 5.74) is 1.11. The van der Waals surface area contributed by atoms with E-state index in [0.717, 1.165) is 5.56 Å². The van der Waals surface area contributed by atoms with Crippen LogP contribution in [-0.4, -0.2) is 11.4 Å². The standard InChI is InChI=1S/C10H13O2P/c1-10(2,13)8-5-3-4-7(6-11)9(8)12/h3-6,12H,13H2,1-2H3. The second-order valence-electron chi connectivity index (χ2n) is 3.58. The minimum Gasteiger partial charge on any atom is -0.507 e. The molecule has 0 amide bonds. The van der Waals surface area contributed by atoms with Crippen molar-refractivity contribution in [3.05, 3.63) is 29.3 Å². The fraction of sp³-hybridized carbons (Fsp3) is 0.300. The zero-order valence-corrected chi connectivity index (χ0v) is 8.90. The number of rotatable bonds is 2. The highest BCUT2D eigenvalue weighted by atomic mass is 31.0. The van der Waals surface area contributed by atoms with E-state index in [1.807, 2.05) is 19.9 Å². The molecule has 0 spiro atoms. The van der Waals surface area contributed by atoms with Crippen LogP contribution in [0.25, 0.3) is 0 Å². The van der Waals surface area contributed by atoms with E-state index < -0.39 is 0 Å². The number of benzene rings is 1. The summed E-state index contributed by atoms with van der Waals surface area (Å²) in [6.45, 7) is 3.92. The molecule has 1 rings (SSSR count). The first-order chi connectivity index (χ1) is 5.96. The number of para-hydroxylation sites is 1. The fourth-order valence-corrected chi connectivity index (χ4v) is 1.41. The lowest BCUT2D eigenvalue weighted by Gasteiger charge is -2.20. The van der Waals surface area contributed by atoms with Crippen LogP contribution in [0.15, 0.2) is 18.2 Å². The molecule has 0 fully saturated rings. The highest BCUT2D eigenvalue weighted by Gasteiger charge is 2.19. The van der Waals surface area contributed by atoms with Gasteiger partial charge in [-0.05, 0) is 6.07 Å². The third-order valence-corrected chi connectivity index (χ3v) is 2.20. The third-order valence-electron chi connectivity index (χ3n) is 1.89. The summed E-state index contributed by atoms with van der Waals surface area (Å²) in [6.07, 6.45) is 0.662. The van der Waals surface area contributed by atoms with Crippen LogP contribution in [0.5, 0.6) is 5.75 Å². The molecule has 1 unspecified atom stereocenters. The molecule has 13 heavy (non-hydrogen) atoms. The lowest BCUT2D eigenvalue weighted by Crippen LogP contribution is -2.07. The number of aromatic hydroxyl groups is 1. The van der Waals surface area contributed by atoms with Crippen molar-refractivity contribution in [3.63, 3.8) is 0 Å². The Labute approximate surface area is 80.2 Å². The largest absolute Gasteiger partial charge is 0.507 e. The van der Waals surface area contributed by atoms with Crippen LogP contribution in [-0.2, 0) is 5.16 Å². The number of hydrogen-bond donors (Lipinski definition) is 1. The van der Waals surface area contributed by atoms with Gasteiger partial charge in [-0.15, -0.1) is 9.24 Å². The van der Waals surface area contributed by atoms with E-state index in [0.29, 0.717) is 11.8 Å². The van der Waals surface area contributed by atoms with Gasteiger partial charge >= 0.3 is 0 Å². The first-order valence-corrected chi connectivity index (χ1v) is 4.61. The molecule has 0 radical (unpaired) electrons. The summed E-state index contributed by atoms with van der Waals surface area (Å²) in [6, 6.07) is 5.18. The highest BCUT2D eigenvalue weighted by molar-refractivity contribution is 7.18. The Morgan fingerprint density at radius 2 is 2.08 bits per heavy atom.